The largest absolute Gasteiger partial charge is 0.396 e. The molecule has 5 heteroatoms. The van der Waals surface area contributed by atoms with E-state index in [0.717, 1.165) is 35.6 Å². The first-order valence-corrected chi connectivity index (χ1v) is 5.37. The third-order valence-corrected chi connectivity index (χ3v) is 2.10. The van der Waals surface area contributed by atoms with E-state index in [0.29, 0.717) is 0 Å². The Morgan fingerprint density at radius 1 is 1.43 bits per heavy atom. The highest BCUT2D eigenvalue weighted by molar-refractivity contribution is 9.10. The van der Waals surface area contributed by atoms with Gasteiger partial charge in [-0.05, 0) is 35.7 Å². The van der Waals surface area contributed by atoms with Crippen molar-refractivity contribution in [1.29, 1.82) is 0 Å². The van der Waals surface area contributed by atoms with Crippen molar-refractivity contribution < 1.29 is 5.11 Å². The molecule has 0 aliphatic rings. The van der Waals surface area contributed by atoms with Crippen molar-refractivity contribution in [2.45, 2.75) is 19.8 Å². The Balaban J connectivity index is 2.42. The van der Waals surface area contributed by atoms with E-state index in [-0.39, 0.29) is 6.61 Å². The summed E-state index contributed by atoms with van der Waals surface area (Å²) in [6.45, 7) is 2.92. The van der Waals surface area contributed by atoms with Crippen LogP contribution in [0.4, 0.5) is 5.82 Å². The van der Waals surface area contributed by atoms with Gasteiger partial charge in [0.15, 0.2) is 0 Å². The predicted octanol–water partition coefficient (Wildman–Crippen LogP) is 1.73. The van der Waals surface area contributed by atoms with Gasteiger partial charge in [0.2, 0.25) is 0 Å². The van der Waals surface area contributed by atoms with E-state index in [4.69, 9.17) is 5.11 Å². The van der Waals surface area contributed by atoms with Gasteiger partial charge in [0, 0.05) is 19.2 Å². The van der Waals surface area contributed by atoms with E-state index in [1.807, 2.05) is 13.0 Å². The predicted molar refractivity (Wildman–Crippen MR) is 59.3 cm³/mol. The van der Waals surface area contributed by atoms with Crippen molar-refractivity contribution in [2.24, 2.45) is 0 Å². The number of hydrogen-bond donors (Lipinski definition) is 2. The molecule has 0 amide bonds. The van der Waals surface area contributed by atoms with Gasteiger partial charge in [-0.15, -0.1) is 0 Å². The smallest absolute Gasteiger partial charge is 0.130 e. The first-order chi connectivity index (χ1) is 6.72. The number of aliphatic hydroxyl groups excluding tert-OH is 1. The average molecular weight is 260 g/mol. The number of aryl methyl sites for hydroxylation is 1. The Bertz CT molecular complexity index is 273. The Hall–Kier alpha value is -0.680. The normalized spacial score (nSPS) is 10.2. The number of nitrogens with one attached hydrogen (secondary N) is 1. The van der Waals surface area contributed by atoms with Gasteiger partial charge in [-0.2, -0.15) is 0 Å². The van der Waals surface area contributed by atoms with E-state index in [9.17, 15) is 0 Å². The van der Waals surface area contributed by atoms with Crippen LogP contribution in [-0.4, -0.2) is 28.2 Å². The van der Waals surface area contributed by atoms with Crippen LogP contribution in [0.3, 0.4) is 0 Å². The highest BCUT2D eigenvalue weighted by atomic mass is 79.9. The van der Waals surface area contributed by atoms with Crippen molar-refractivity contribution in [1.82, 2.24) is 9.97 Å². The molecule has 1 aromatic rings. The van der Waals surface area contributed by atoms with Crippen LogP contribution in [0.25, 0.3) is 0 Å². The average Bonchev–Trinajstić information content (AvgIpc) is 2.11. The van der Waals surface area contributed by atoms with Crippen molar-refractivity contribution in [2.75, 3.05) is 18.5 Å². The molecule has 0 aromatic carbocycles. The SMILES string of the molecule is Cc1nc(Br)cc(NCCCCO)n1. The van der Waals surface area contributed by atoms with Gasteiger partial charge in [-0.1, -0.05) is 0 Å². The number of rotatable bonds is 5. The summed E-state index contributed by atoms with van der Waals surface area (Å²) in [5, 5.41) is 11.8. The Morgan fingerprint density at radius 3 is 2.86 bits per heavy atom. The second-order valence-corrected chi connectivity index (χ2v) is 3.79. The summed E-state index contributed by atoms with van der Waals surface area (Å²) in [4.78, 5) is 8.32. The molecule has 0 atom stereocenters. The summed E-state index contributed by atoms with van der Waals surface area (Å²) in [5.41, 5.74) is 0. The third-order valence-electron chi connectivity index (χ3n) is 1.70. The number of aliphatic hydroxyl groups is 1. The minimum atomic E-state index is 0.244. The molecular formula is C9H14BrN3O. The fraction of sp³-hybridized carbons (Fsp3) is 0.556. The zero-order chi connectivity index (χ0) is 10.4. The molecule has 0 saturated heterocycles. The summed E-state index contributed by atoms with van der Waals surface area (Å²) in [5.74, 6) is 1.56. The van der Waals surface area contributed by atoms with Crippen LogP contribution in [-0.2, 0) is 0 Å². The van der Waals surface area contributed by atoms with E-state index in [2.05, 4.69) is 31.2 Å². The number of aromatic nitrogens is 2. The molecule has 0 unspecified atom stereocenters. The molecule has 2 N–H and O–H groups in total. The van der Waals surface area contributed by atoms with E-state index in [1.165, 1.54) is 0 Å². The summed E-state index contributed by atoms with van der Waals surface area (Å²) in [6, 6.07) is 1.84. The van der Waals surface area contributed by atoms with Gasteiger partial charge in [0.25, 0.3) is 0 Å². The van der Waals surface area contributed by atoms with Gasteiger partial charge < -0.3 is 10.4 Å². The summed E-state index contributed by atoms with van der Waals surface area (Å²) >= 11 is 3.30. The molecule has 0 bridgehead atoms. The van der Waals surface area contributed by atoms with Crippen LogP contribution < -0.4 is 5.32 Å². The lowest BCUT2D eigenvalue weighted by Gasteiger charge is -2.05. The molecule has 0 saturated carbocycles. The Kier molecular flexibility index (Phi) is 4.82. The molecule has 0 aliphatic heterocycles. The number of hydrogen-bond acceptors (Lipinski definition) is 4. The lowest BCUT2D eigenvalue weighted by molar-refractivity contribution is 0.286. The molecule has 14 heavy (non-hydrogen) atoms. The third kappa shape index (κ3) is 4.02. The zero-order valence-electron chi connectivity index (χ0n) is 8.13. The van der Waals surface area contributed by atoms with Gasteiger partial charge in [0.1, 0.15) is 16.2 Å². The van der Waals surface area contributed by atoms with Gasteiger partial charge >= 0.3 is 0 Å². The number of nitrogens with zero attached hydrogens (tertiary/aromatic N) is 2. The monoisotopic (exact) mass is 259 g/mol. The lowest BCUT2D eigenvalue weighted by atomic mass is 10.3. The number of unbranched alkanes of at least 4 members (excludes halogenated alkanes) is 1. The molecule has 1 aromatic heterocycles. The maximum absolute atomic E-state index is 8.59. The van der Waals surface area contributed by atoms with Crippen molar-refractivity contribution >= 4 is 21.7 Å². The highest BCUT2D eigenvalue weighted by Gasteiger charge is 1.98. The van der Waals surface area contributed by atoms with Crippen LogP contribution >= 0.6 is 15.9 Å². The van der Waals surface area contributed by atoms with E-state index >= 15 is 0 Å². The first-order valence-electron chi connectivity index (χ1n) is 4.58. The zero-order valence-corrected chi connectivity index (χ0v) is 9.71. The van der Waals surface area contributed by atoms with Crippen molar-refractivity contribution in [3.63, 3.8) is 0 Å². The quantitative estimate of drug-likeness (QED) is 0.625. The second kappa shape index (κ2) is 5.93. The van der Waals surface area contributed by atoms with Gasteiger partial charge in [-0.3, -0.25) is 0 Å². The minimum Gasteiger partial charge on any atom is -0.396 e. The molecule has 0 spiro atoms. The summed E-state index contributed by atoms with van der Waals surface area (Å²) in [6.07, 6.45) is 1.76. The minimum absolute atomic E-state index is 0.244. The standard InChI is InChI=1S/C9H14BrN3O/c1-7-12-8(10)6-9(13-7)11-4-2-3-5-14/h6,14H,2-5H2,1H3,(H,11,12,13). The molecule has 4 nitrogen and oxygen atoms in total. The molecule has 78 valence electrons. The summed E-state index contributed by atoms with van der Waals surface area (Å²) in [7, 11) is 0. The van der Waals surface area contributed by atoms with Crippen molar-refractivity contribution in [3.8, 4) is 0 Å². The molecule has 1 rings (SSSR count). The maximum atomic E-state index is 8.59. The molecule has 0 radical (unpaired) electrons. The Morgan fingerprint density at radius 2 is 2.21 bits per heavy atom. The number of anilines is 1. The fourth-order valence-corrected chi connectivity index (χ4v) is 1.55. The number of halogens is 1. The van der Waals surface area contributed by atoms with Crippen LogP contribution in [0.15, 0.2) is 10.7 Å². The Labute approximate surface area is 91.9 Å². The van der Waals surface area contributed by atoms with Crippen LogP contribution in [0.2, 0.25) is 0 Å². The molecule has 0 fully saturated rings. The van der Waals surface area contributed by atoms with Crippen molar-refractivity contribution in [3.05, 3.63) is 16.5 Å². The van der Waals surface area contributed by atoms with E-state index in [1.54, 1.807) is 0 Å². The lowest BCUT2D eigenvalue weighted by Crippen LogP contribution is -2.05. The highest BCUT2D eigenvalue weighted by Crippen LogP contribution is 2.11. The van der Waals surface area contributed by atoms with E-state index < -0.39 is 0 Å². The van der Waals surface area contributed by atoms with Gasteiger partial charge in [-0.25, -0.2) is 9.97 Å². The van der Waals surface area contributed by atoms with Crippen LogP contribution in [0, 0.1) is 6.92 Å². The maximum Gasteiger partial charge on any atom is 0.130 e. The summed E-state index contributed by atoms with van der Waals surface area (Å²) < 4.78 is 0.787. The molecule has 0 aliphatic carbocycles. The van der Waals surface area contributed by atoms with Crippen LogP contribution in [0.1, 0.15) is 18.7 Å². The topological polar surface area (TPSA) is 58.0 Å². The second-order valence-electron chi connectivity index (χ2n) is 2.98. The molecular weight excluding hydrogens is 246 g/mol. The molecule has 1 heterocycles. The van der Waals surface area contributed by atoms with Crippen LogP contribution in [0.5, 0.6) is 0 Å². The fourth-order valence-electron chi connectivity index (χ4n) is 1.08. The van der Waals surface area contributed by atoms with Gasteiger partial charge in [0.05, 0.1) is 0 Å². The first kappa shape index (κ1) is 11.4.